The molecule has 0 aliphatic rings. The number of nitrogens with zero attached hydrogens (tertiary/aromatic N) is 1. The van der Waals surface area contributed by atoms with E-state index in [1.54, 1.807) is 64.0 Å². The van der Waals surface area contributed by atoms with Gasteiger partial charge < -0.3 is 25.0 Å². The van der Waals surface area contributed by atoms with Crippen LogP contribution in [0.4, 0.5) is 10.5 Å². The topological polar surface area (TPSA) is 97.0 Å². The highest BCUT2D eigenvalue weighted by Crippen LogP contribution is 2.32. The van der Waals surface area contributed by atoms with Crippen LogP contribution < -0.4 is 15.4 Å². The Kier molecular flexibility index (Phi) is 10.1. The Labute approximate surface area is 220 Å². The average molecular weight is 512 g/mol. The summed E-state index contributed by atoms with van der Waals surface area (Å²) in [6.45, 7) is 14.6. The van der Waals surface area contributed by atoms with Crippen LogP contribution in [-0.4, -0.2) is 47.6 Å². The number of ether oxygens (including phenoxy) is 2. The summed E-state index contributed by atoms with van der Waals surface area (Å²) < 4.78 is 10.6. The summed E-state index contributed by atoms with van der Waals surface area (Å²) in [5.74, 6) is -0.0545. The highest BCUT2D eigenvalue weighted by atomic mass is 16.6. The molecule has 3 atom stereocenters. The van der Waals surface area contributed by atoms with Gasteiger partial charge in [0.2, 0.25) is 5.91 Å². The van der Waals surface area contributed by atoms with Crippen molar-refractivity contribution in [1.82, 2.24) is 10.2 Å². The summed E-state index contributed by atoms with van der Waals surface area (Å²) in [7, 11) is 1.58. The van der Waals surface area contributed by atoms with Crippen molar-refractivity contribution in [2.45, 2.75) is 85.5 Å². The van der Waals surface area contributed by atoms with Crippen LogP contribution >= 0.6 is 0 Å². The molecule has 8 heteroatoms. The molecule has 0 spiro atoms. The fourth-order valence-corrected chi connectivity index (χ4v) is 4.11. The zero-order valence-corrected chi connectivity index (χ0v) is 23.5. The molecule has 0 saturated heterocycles. The quantitative estimate of drug-likeness (QED) is 0.461. The second-order valence-electron chi connectivity index (χ2n) is 10.3. The Balaban J connectivity index is 2.52. The summed E-state index contributed by atoms with van der Waals surface area (Å²) >= 11 is 0. The van der Waals surface area contributed by atoms with Crippen molar-refractivity contribution in [2.75, 3.05) is 12.4 Å². The Morgan fingerprint density at radius 2 is 1.54 bits per heavy atom. The molecule has 0 bridgehead atoms. The number of alkyl carbamates (subject to hydrolysis) is 1. The Morgan fingerprint density at radius 1 is 0.973 bits per heavy atom. The Bertz CT molecular complexity index is 1070. The van der Waals surface area contributed by atoms with Crippen LogP contribution in [0, 0.1) is 13.8 Å². The van der Waals surface area contributed by atoms with E-state index in [2.05, 4.69) is 10.6 Å². The van der Waals surface area contributed by atoms with E-state index < -0.39 is 23.8 Å². The fraction of sp³-hybridized carbons (Fsp3) is 0.483. The predicted octanol–water partition coefficient (Wildman–Crippen LogP) is 5.53. The minimum atomic E-state index is -0.923. The maximum absolute atomic E-state index is 13.9. The van der Waals surface area contributed by atoms with Gasteiger partial charge in [0.05, 0.1) is 7.11 Å². The van der Waals surface area contributed by atoms with Gasteiger partial charge in [-0.25, -0.2) is 4.79 Å². The number of rotatable bonds is 9. The highest BCUT2D eigenvalue weighted by Gasteiger charge is 2.38. The van der Waals surface area contributed by atoms with Crippen molar-refractivity contribution in [1.29, 1.82) is 0 Å². The van der Waals surface area contributed by atoms with Gasteiger partial charge in [-0.1, -0.05) is 25.1 Å². The normalized spacial score (nSPS) is 13.6. The van der Waals surface area contributed by atoms with Crippen molar-refractivity contribution in [2.24, 2.45) is 0 Å². The van der Waals surface area contributed by atoms with Crippen LogP contribution in [0.1, 0.15) is 70.7 Å². The van der Waals surface area contributed by atoms with E-state index in [4.69, 9.17) is 9.47 Å². The largest absolute Gasteiger partial charge is 0.497 e. The van der Waals surface area contributed by atoms with Crippen LogP contribution in [0.5, 0.6) is 5.75 Å². The SMILES string of the molecule is CCC(C)N(C(=O)C(C)NC(=O)OC(C)(C)C)C(C(=O)Nc1ccc(OC)cc1)c1c(C)cccc1C. The third-order valence-corrected chi connectivity index (χ3v) is 6.12. The summed E-state index contributed by atoms with van der Waals surface area (Å²) in [6.07, 6.45) is -0.0777. The molecule has 37 heavy (non-hydrogen) atoms. The molecule has 0 radical (unpaired) electrons. The fourth-order valence-electron chi connectivity index (χ4n) is 4.11. The van der Waals surface area contributed by atoms with Gasteiger partial charge in [0.25, 0.3) is 5.91 Å². The van der Waals surface area contributed by atoms with Crippen LogP contribution in [0.15, 0.2) is 42.5 Å². The van der Waals surface area contributed by atoms with E-state index in [1.807, 2.05) is 45.9 Å². The summed E-state index contributed by atoms with van der Waals surface area (Å²) in [5, 5.41) is 5.61. The molecule has 2 aromatic carbocycles. The molecule has 0 aromatic heterocycles. The van der Waals surface area contributed by atoms with Gasteiger partial charge >= 0.3 is 6.09 Å². The number of anilines is 1. The lowest BCUT2D eigenvalue weighted by molar-refractivity contribution is -0.143. The molecule has 2 aromatic rings. The molecule has 8 nitrogen and oxygen atoms in total. The number of carbonyl (C=O) groups is 3. The molecule has 0 heterocycles. The number of hydrogen-bond donors (Lipinski definition) is 2. The maximum atomic E-state index is 13.9. The molecule has 0 fully saturated rings. The first-order valence-electron chi connectivity index (χ1n) is 12.6. The summed E-state index contributed by atoms with van der Waals surface area (Å²) in [6, 6.07) is 10.7. The minimum absolute atomic E-state index is 0.291. The first kappa shape index (κ1) is 29.7. The standard InChI is InChI=1S/C29H41N3O5/c1-10-20(4)32(27(34)21(5)30-28(35)37-29(6,7)8)25(24-18(2)12-11-13-19(24)3)26(33)31-22-14-16-23(36-9)17-15-22/h11-17,20-21,25H,10H2,1-9H3,(H,30,35)(H,31,33). The molecule has 2 N–H and O–H groups in total. The monoisotopic (exact) mass is 511 g/mol. The molecule has 2 rings (SSSR count). The number of benzene rings is 2. The molecule has 202 valence electrons. The first-order chi connectivity index (χ1) is 17.3. The van der Waals surface area contributed by atoms with Gasteiger partial charge in [0.15, 0.2) is 0 Å². The maximum Gasteiger partial charge on any atom is 0.408 e. The van der Waals surface area contributed by atoms with E-state index in [-0.39, 0.29) is 17.9 Å². The number of nitrogens with one attached hydrogen (secondary N) is 2. The molecule has 0 aliphatic carbocycles. The molecular weight excluding hydrogens is 470 g/mol. The molecule has 3 unspecified atom stereocenters. The third-order valence-electron chi connectivity index (χ3n) is 6.12. The predicted molar refractivity (Wildman–Crippen MR) is 146 cm³/mol. The lowest BCUT2D eigenvalue weighted by Crippen LogP contribution is -2.54. The number of amides is 3. The smallest absolute Gasteiger partial charge is 0.408 e. The minimum Gasteiger partial charge on any atom is -0.497 e. The lowest BCUT2D eigenvalue weighted by atomic mass is 9.92. The first-order valence-corrected chi connectivity index (χ1v) is 12.6. The van der Waals surface area contributed by atoms with Gasteiger partial charge in [0, 0.05) is 11.7 Å². The van der Waals surface area contributed by atoms with Gasteiger partial charge in [-0.15, -0.1) is 0 Å². The second kappa shape index (κ2) is 12.6. The van der Waals surface area contributed by atoms with E-state index in [1.165, 1.54) is 0 Å². The average Bonchev–Trinajstić information content (AvgIpc) is 2.81. The van der Waals surface area contributed by atoms with Crippen LogP contribution in [0.3, 0.4) is 0 Å². The third kappa shape index (κ3) is 7.97. The van der Waals surface area contributed by atoms with Gasteiger partial charge in [-0.05, 0) is 95.8 Å². The number of aryl methyl sites for hydroxylation is 2. The van der Waals surface area contributed by atoms with E-state index in [9.17, 15) is 14.4 Å². The van der Waals surface area contributed by atoms with Crippen LogP contribution in [0.25, 0.3) is 0 Å². The van der Waals surface area contributed by atoms with E-state index >= 15 is 0 Å². The molecule has 0 aliphatic heterocycles. The van der Waals surface area contributed by atoms with Gasteiger partial charge in [-0.3, -0.25) is 9.59 Å². The van der Waals surface area contributed by atoms with Crippen LogP contribution in [0.2, 0.25) is 0 Å². The zero-order chi connectivity index (χ0) is 27.9. The molecular formula is C29H41N3O5. The second-order valence-corrected chi connectivity index (χ2v) is 10.3. The van der Waals surface area contributed by atoms with Crippen molar-refractivity contribution < 1.29 is 23.9 Å². The molecule has 0 saturated carbocycles. The van der Waals surface area contributed by atoms with E-state index in [0.29, 0.717) is 17.9 Å². The zero-order valence-electron chi connectivity index (χ0n) is 23.5. The summed E-state index contributed by atoms with van der Waals surface area (Å²) in [4.78, 5) is 41.8. The highest BCUT2D eigenvalue weighted by molar-refractivity contribution is 5.99. The number of carbonyl (C=O) groups excluding carboxylic acids is 3. The van der Waals surface area contributed by atoms with Crippen molar-refractivity contribution in [3.8, 4) is 5.75 Å². The van der Waals surface area contributed by atoms with Gasteiger partial charge in [-0.2, -0.15) is 0 Å². The number of methoxy groups -OCH3 is 1. The van der Waals surface area contributed by atoms with Crippen molar-refractivity contribution in [3.05, 3.63) is 59.2 Å². The Morgan fingerprint density at radius 3 is 2.03 bits per heavy atom. The number of hydrogen-bond acceptors (Lipinski definition) is 5. The van der Waals surface area contributed by atoms with Crippen LogP contribution in [-0.2, 0) is 14.3 Å². The Hall–Kier alpha value is -3.55. The van der Waals surface area contributed by atoms with Crippen molar-refractivity contribution >= 4 is 23.6 Å². The lowest BCUT2D eigenvalue weighted by Gasteiger charge is -2.38. The van der Waals surface area contributed by atoms with Crippen molar-refractivity contribution in [3.63, 3.8) is 0 Å². The summed E-state index contributed by atoms with van der Waals surface area (Å²) in [5.41, 5.74) is 2.42. The van der Waals surface area contributed by atoms with E-state index in [0.717, 1.165) is 16.7 Å². The van der Waals surface area contributed by atoms with Gasteiger partial charge in [0.1, 0.15) is 23.4 Å². The molecule has 3 amide bonds.